The van der Waals surface area contributed by atoms with Crippen molar-refractivity contribution in [3.05, 3.63) is 0 Å². The first-order valence-corrected chi connectivity index (χ1v) is 15.1. The molecular weight excluding hydrogens is 846 g/mol. The fourth-order valence-corrected chi connectivity index (χ4v) is 5.47. The van der Waals surface area contributed by atoms with Crippen molar-refractivity contribution in [1.29, 1.82) is 0 Å². The van der Waals surface area contributed by atoms with Crippen LogP contribution >= 0.6 is 0 Å². The smallest absolute Gasteiger partial charge is 0.369 e. The van der Waals surface area contributed by atoms with Crippen molar-refractivity contribution in [2.45, 2.75) is 163 Å². The second kappa shape index (κ2) is 15.1. The fraction of sp³-hybridized carbons (Fsp3) is 1.00. The van der Waals surface area contributed by atoms with Crippen LogP contribution in [0.1, 0.15) is 80.1 Å². The molecule has 0 saturated carbocycles. The van der Waals surface area contributed by atoms with Crippen LogP contribution in [-0.4, -0.2) is 82.8 Å². The van der Waals surface area contributed by atoms with Crippen LogP contribution in [-0.2, 0) is 4.74 Å². The maximum absolute atomic E-state index is 14.6. The summed E-state index contributed by atoms with van der Waals surface area (Å²) in [5.41, 5.74) is -5.40. The SMILES string of the molecule is CC(C)CC(C)(CCC(F)(F)C(F)(F)C(F)(F)C(F)(F)C(F)(F)C(F)(F)F)OC(C)(CCC(F)(F)C(F)(F)C(F)(F)C(F)(F)C(F)(F)C(F)(F)F)CC(C)C. The standard InChI is InChI=1S/C28H32F26O/c1-13(2)11-15(5,7-9-17(29,30)19(33,34)21(37,38)23(41,42)25(45,46)27(49,50)51)55-16(6,12-14(3)4)8-10-18(31,32)20(35,36)22(39,40)24(43,44)26(47,48)28(52,53)54/h13-14H,7-12H2,1-6H3. The van der Waals surface area contributed by atoms with Crippen molar-refractivity contribution < 1.29 is 119 Å². The third-order valence-electron chi connectivity index (χ3n) is 8.11. The minimum Gasteiger partial charge on any atom is -0.369 e. The molecule has 2 unspecified atom stereocenters. The molecular formula is C28H32F26O. The Hall–Kier alpha value is -1.86. The lowest BCUT2D eigenvalue weighted by Crippen LogP contribution is -2.70. The summed E-state index contributed by atoms with van der Waals surface area (Å²) in [5.74, 6) is -79.8. The fourth-order valence-electron chi connectivity index (χ4n) is 5.47. The van der Waals surface area contributed by atoms with Crippen molar-refractivity contribution in [2.75, 3.05) is 0 Å². The van der Waals surface area contributed by atoms with Crippen molar-refractivity contribution in [1.82, 2.24) is 0 Å². The van der Waals surface area contributed by atoms with Gasteiger partial charge in [-0.1, -0.05) is 27.7 Å². The molecule has 0 spiro atoms. The molecule has 0 radical (unpaired) electrons. The van der Waals surface area contributed by atoms with E-state index in [-0.39, 0.29) is 0 Å². The Morgan fingerprint density at radius 2 is 0.509 bits per heavy atom. The molecule has 2 atom stereocenters. The molecule has 332 valence electrons. The van der Waals surface area contributed by atoms with Crippen LogP contribution < -0.4 is 0 Å². The average Bonchev–Trinajstić information content (AvgIpc) is 2.92. The molecule has 0 N–H and O–H groups in total. The second-order valence-electron chi connectivity index (χ2n) is 14.2. The summed E-state index contributed by atoms with van der Waals surface area (Å²) in [4.78, 5) is 0. The topological polar surface area (TPSA) is 9.23 Å². The van der Waals surface area contributed by atoms with Crippen molar-refractivity contribution in [2.24, 2.45) is 11.8 Å². The Kier molecular flexibility index (Phi) is 14.6. The second-order valence-corrected chi connectivity index (χ2v) is 14.2. The van der Waals surface area contributed by atoms with Crippen LogP contribution in [0.25, 0.3) is 0 Å². The quantitative estimate of drug-likeness (QED) is 0.111. The van der Waals surface area contributed by atoms with Crippen molar-refractivity contribution >= 4 is 0 Å². The predicted octanol–water partition coefficient (Wildman–Crippen LogP) is 13.7. The normalized spacial score (nSPS) is 18.2. The monoisotopic (exact) mass is 878 g/mol. The molecule has 0 heterocycles. The summed E-state index contributed by atoms with van der Waals surface area (Å²) in [7, 11) is 0. The van der Waals surface area contributed by atoms with E-state index in [0.717, 1.165) is 27.7 Å². The Labute approximate surface area is 294 Å². The maximum Gasteiger partial charge on any atom is 0.460 e. The van der Waals surface area contributed by atoms with Gasteiger partial charge in [-0.25, -0.2) is 0 Å². The van der Waals surface area contributed by atoms with E-state index in [1.807, 2.05) is 0 Å². The molecule has 0 fully saturated rings. The minimum atomic E-state index is -8.25. The number of alkyl halides is 26. The number of halogens is 26. The van der Waals surface area contributed by atoms with Crippen LogP contribution in [0.5, 0.6) is 0 Å². The summed E-state index contributed by atoms with van der Waals surface area (Å²) >= 11 is 0. The van der Waals surface area contributed by atoms with Gasteiger partial charge in [-0.05, 0) is 51.4 Å². The first kappa shape index (κ1) is 53.1. The maximum atomic E-state index is 14.6. The summed E-state index contributed by atoms with van der Waals surface area (Å²) in [6, 6.07) is 0. The zero-order valence-electron chi connectivity index (χ0n) is 28.6. The first-order chi connectivity index (χ1) is 23.5. The molecule has 0 amide bonds. The minimum absolute atomic E-state index is 0.547. The Morgan fingerprint density at radius 1 is 0.309 bits per heavy atom. The largest absolute Gasteiger partial charge is 0.460 e. The van der Waals surface area contributed by atoms with E-state index < -0.39 is 133 Å². The molecule has 55 heavy (non-hydrogen) atoms. The van der Waals surface area contributed by atoms with Gasteiger partial charge in [-0.3, -0.25) is 0 Å². The van der Waals surface area contributed by atoms with Crippen LogP contribution in [0.2, 0.25) is 0 Å². The van der Waals surface area contributed by atoms with E-state index in [0.29, 0.717) is 13.8 Å². The molecule has 0 rings (SSSR count). The zero-order valence-corrected chi connectivity index (χ0v) is 28.6. The van der Waals surface area contributed by atoms with Crippen molar-refractivity contribution in [3.63, 3.8) is 0 Å². The van der Waals surface area contributed by atoms with E-state index in [9.17, 15) is 114 Å². The first-order valence-electron chi connectivity index (χ1n) is 15.1. The summed E-state index contributed by atoms with van der Waals surface area (Å²) in [5, 5.41) is 0. The highest BCUT2D eigenvalue weighted by Gasteiger charge is 2.92. The van der Waals surface area contributed by atoms with E-state index in [1.165, 1.54) is 0 Å². The molecule has 1 nitrogen and oxygen atoms in total. The highest BCUT2D eigenvalue weighted by molar-refractivity contribution is 5.12. The van der Waals surface area contributed by atoms with Gasteiger partial charge >= 0.3 is 71.6 Å². The highest BCUT2D eigenvalue weighted by atomic mass is 19.4. The van der Waals surface area contributed by atoms with Crippen LogP contribution in [0.4, 0.5) is 114 Å². The lowest BCUT2D eigenvalue weighted by Gasteiger charge is -2.45. The van der Waals surface area contributed by atoms with Gasteiger partial charge in [0.1, 0.15) is 0 Å². The van der Waals surface area contributed by atoms with Gasteiger partial charge in [0.15, 0.2) is 0 Å². The van der Waals surface area contributed by atoms with Crippen molar-refractivity contribution in [3.8, 4) is 0 Å². The number of hydrogen-bond acceptors (Lipinski definition) is 1. The lowest BCUT2D eigenvalue weighted by molar-refractivity contribution is -0.440. The van der Waals surface area contributed by atoms with E-state index >= 15 is 0 Å². The molecule has 0 aliphatic rings. The Bertz CT molecular complexity index is 1180. The molecule has 0 aromatic carbocycles. The molecule has 0 aromatic rings. The van der Waals surface area contributed by atoms with Gasteiger partial charge in [-0.15, -0.1) is 0 Å². The Morgan fingerprint density at radius 3 is 0.691 bits per heavy atom. The predicted molar refractivity (Wildman–Crippen MR) is 137 cm³/mol. The van der Waals surface area contributed by atoms with E-state index in [4.69, 9.17) is 4.74 Å². The number of rotatable bonds is 20. The third-order valence-corrected chi connectivity index (χ3v) is 8.11. The van der Waals surface area contributed by atoms with Gasteiger partial charge in [-0.2, -0.15) is 114 Å². The van der Waals surface area contributed by atoms with Gasteiger partial charge in [0.05, 0.1) is 11.2 Å². The Balaban J connectivity index is 6.91. The van der Waals surface area contributed by atoms with E-state index in [1.54, 1.807) is 0 Å². The molecule has 27 heteroatoms. The van der Waals surface area contributed by atoms with Gasteiger partial charge in [0.25, 0.3) is 0 Å². The van der Waals surface area contributed by atoms with Gasteiger partial charge < -0.3 is 4.74 Å². The highest BCUT2D eigenvalue weighted by Crippen LogP contribution is 2.63. The molecule has 0 aliphatic heterocycles. The number of ether oxygens (including phenoxy) is 1. The summed E-state index contributed by atoms with van der Waals surface area (Å²) in [6.07, 6.45) is -26.7. The molecule has 0 bridgehead atoms. The van der Waals surface area contributed by atoms with Gasteiger partial charge in [0, 0.05) is 12.8 Å². The molecule has 0 aromatic heterocycles. The molecule has 0 aliphatic carbocycles. The number of hydrogen-bond donors (Lipinski definition) is 0. The van der Waals surface area contributed by atoms with Crippen LogP contribution in [0, 0.1) is 11.8 Å². The van der Waals surface area contributed by atoms with Crippen LogP contribution in [0.15, 0.2) is 0 Å². The zero-order chi connectivity index (χ0) is 45.1. The summed E-state index contributed by atoms with van der Waals surface area (Å²) in [6.45, 7) is 5.63. The molecule has 0 saturated heterocycles. The van der Waals surface area contributed by atoms with Gasteiger partial charge in [0.2, 0.25) is 0 Å². The van der Waals surface area contributed by atoms with E-state index in [2.05, 4.69) is 0 Å². The summed E-state index contributed by atoms with van der Waals surface area (Å²) < 4.78 is 359. The van der Waals surface area contributed by atoms with Crippen LogP contribution in [0.3, 0.4) is 0 Å². The average molecular weight is 879 g/mol. The lowest BCUT2D eigenvalue weighted by atomic mass is 9.82. The third kappa shape index (κ3) is 9.39.